The minimum atomic E-state index is -0.600. The highest BCUT2D eigenvalue weighted by Crippen LogP contribution is 2.32. The summed E-state index contributed by atoms with van der Waals surface area (Å²) >= 11 is 0. The minimum absolute atomic E-state index is 0.0476. The van der Waals surface area contributed by atoms with Gasteiger partial charge in [0.05, 0.1) is 17.8 Å². The van der Waals surface area contributed by atoms with Crippen LogP contribution >= 0.6 is 0 Å². The van der Waals surface area contributed by atoms with E-state index in [0.717, 1.165) is 45.5 Å². The standard InChI is InChI=1S/C13H25NO3/c1-3-12(2,15)9-14-11-4-6-17-13(8-11)5-7-16-10-13/h11,14-15H,3-10H2,1-2H3. The Bertz CT molecular complexity index is 249. The largest absolute Gasteiger partial charge is 0.389 e. The average molecular weight is 243 g/mol. The van der Waals surface area contributed by atoms with Crippen LogP contribution in [0.4, 0.5) is 0 Å². The van der Waals surface area contributed by atoms with Gasteiger partial charge in [-0.05, 0) is 26.2 Å². The van der Waals surface area contributed by atoms with Crippen molar-refractivity contribution in [1.82, 2.24) is 5.32 Å². The van der Waals surface area contributed by atoms with E-state index in [9.17, 15) is 5.11 Å². The van der Waals surface area contributed by atoms with Gasteiger partial charge in [-0.15, -0.1) is 0 Å². The Balaban J connectivity index is 1.81. The molecule has 0 bridgehead atoms. The number of ether oxygens (including phenoxy) is 2. The SMILES string of the molecule is CCC(C)(O)CNC1CCOC2(CCOC2)C1. The number of hydrogen-bond acceptors (Lipinski definition) is 4. The second-order valence-corrected chi connectivity index (χ2v) is 5.76. The van der Waals surface area contributed by atoms with Crippen molar-refractivity contribution >= 4 is 0 Å². The molecule has 0 aromatic heterocycles. The van der Waals surface area contributed by atoms with Crippen LogP contribution in [0.3, 0.4) is 0 Å². The van der Waals surface area contributed by atoms with Gasteiger partial charge in [-0.25, -0.2) is 0 Å². The fraction of sp³-hybridized carbons (Fsp3) is 1.00. The summed E-state index contributed by atoms with van der Waals surface area (Å²) in [6, 6.07) is 0.448. The molecule has 2 heterocycles. The van der Waals surface area contributed by atoms with E-state index in [1.165, 1.54) is 0 Å². The molecule has 0 aliphatic carbocycles. The molecule has 2 aliphatic rings. The van der Waals surface area contributed by atoms with Crippen molar-refractivity contribution in [3.05, 3.63) is 0 Å². The van der Waals surface area contributed by atoms with Gasteiger partial charge in [0.25, 0.3) is 0 Å². The Labute approximate surface area is 104 Å². The molecule has 3 unspecified atom stereocenters. The number of aliphatic hydroxyl groups is 1. The third-order valence-electron chi connectivity index (χ3n) is 4.09. The summed E-state index contributed by atoms with van der Waals surface area (Å²) in [4.78, 5) is 0. The molecule has 100 valence electrons. The van der Waals surface area contributed by atoms with Crippen LogP contribution in [0.2, 0.25) is 0 Å². The van der Waals surface area contributed by atoms with Crippen LogP contribution < -0.4 is 5.32 Å². The van der Waals surface area contributed by atoms with Crippen molar-refractivity contribution in [2.45, 2.75) is 56.8 Å². The molecular weight excluding hydrogens is 218 g/mol. The van der Waals surface area contributed by atoms with Crippen molar-refractivity contribution in [1.29, 1.82) is 0 Å². The van der Waals surface area contributed by atoms with Crippen molar-refractivity contribution in [3.8, 4) is 0 Å². The van der Waals surface area contributed by atoms with Gasteiger partial charge < -0.3 is 19.9 Å². The minimum Gasteiger partial charge on any atom is -0.389 e. The number of rotatable bonds is 4. The zero-order valence-electron chi connectivity index (χ0n) is 11.0. The van der Waals surface area contributed by atoms with E-state index in [-0.39, 0.29) is 5.60 Å². The molecule has 4 nitrogen and oxygen atoms in total. The monoisotopic (exact) mass is 243 g/mol. The average Bonchev–Trinajstić information content (AvgIpc) is 2.75. The Kier molecular flexibility index (Phi) is 4.08. The molecule has 0 amide bonds. The van der Waals surface area contributed by atoms with Gasteiger partial charge in [0.1, 0.15) is 0 Å². The lowest BCUT2D eigenvalue weighted by Crippen LogP contribution is -2.50. The van der Waals surface area contributed by atoms with Gasteiger partial charge in [-0.3, -0.25) is 0 Å². The zero-order valence-corrected chi connectivity index (χ0v) is 11.0. The molecule has 0 aromatic rings. The maximum Gasteiger partial charge on any atom is 0.0951 e. The van der Waals surface area contributed by atoms with E-state index in [4.69, 9.17) is 9.47 Å². The normalized spacial score (nSPS) is 37.2. The highest BCUT2D eigenvalue weighted by molar-refractivity contribution is 4.93. The number of nitrogens with one attached hydrogen (secondary N) is 1. The van der Waals surface area contributed by atoms with Crippen molar-refractivity contribution in [2.24, 2.45) is 0 Å². The van der Waals surface area contributed by atoms with Gasteiger partial charge in [0.15, 0.2) is 0 Å². The molecule has 17 heavy (non-hydrogen) atoms. The molecule has 0 aromatic carbocycles. The first kappa shape index (κ1) is 13.3. The quantitative estimate of drug-likeness (QED) is 0.775. The molecule has 1 spiro atoms. The Morgan fingerprint density at radius 1 is 1.47 bits per heavy atom. The summed E-state index contributed by atoms with van der Waals surface area (Å²) in [5, 5.41) is 13.5. The van der Waals surface area contributed by atoms with Crippen molar-refractivity contribution in [3.63, 3.8) is 0 Å². The van der Waals surface area contributed by atoms with Crippen molar-refractivity contribution < 1.29 is 14.6 Å². The molecule has 3 atom stereocenters. The fourth-order valence-electron chi connectivity index (χ4n) is 2.55. The molecular formula is C13H25NO3. The van der Waals surface area contributed by atoms with Gasteiger partial charge in [-0.1, -0.05) is 6.92 Å². The second kappa shape index (κ2) is 5.22. The van der Waals surface area contributed by atoms with Crippen LogP contribution in [0.5, 0.6) is 0 Å². The highest BCUT2D eigenvalue weighted by Gasteiger charge is 2.41. The van der Waals surface area contributed by atoms with Gasteiger partial charge in [0, 0.05) is 32.2 Å². The summed E-state index contributed by atoms with van der Waals surface area (Å²) in [5.74, 6) is 0. The molecule has 0 saturated carbocycles. The Morgan fingerprint density at radius 3 is 2.94 bits per heavy atom. The summed E-state index contributed by atoms with van der Waals surface area (Å²) in [6.07, 6.45) is 3.82. The lowest BCUT2D eigenvalue weighted by atomic mass is 9.89. The van der Waals surface area contributed by atoms with Gasteiger partial charge >= 0.3 is 0 Å². The van der Waals surface area contributed by atoms with E-state index >= 15 is 0 Å². The summed E-state index contributed by atoms with van der Waals surface area (Å²) in [6.45, 7) is 6.90. The second-order valence-electron chi connectivity index (χ2n) is 5.76. The summed E-state index contributed by atoms with van der Waals surface area (Å²) < 4.78 is 11.3. The van der Waals surface area contributed by atoms with Crippen LogP contribution in [-0.4, -0.2) is 48.7 Å². The van der Waals surface area contributed by atoms with Crippen LogP contribution in [0.25, 0.3) is 0 Å². The van der Waals surface area contributed by atoms with Gasteiger partial charge in [-0.2, -0.15) is 0 Å². The van der Waals surface area contributed by atoms with E-state index in [2.05, 4.69) is 5.32 Å². The van der Waals surface area contributed by atoms with Crippen LogP contribution in [0.15, 0.2) is 0 Å². The molecule has 4 heteroatoms. The third kappa shape index (κ3) is 3.41. The van der Waals surface area contributed by atoms with Crippen LogP contribution in [-0.2, 0) is 9.47 Å². The lowest BCUT2D eigenvalue weighted by Gasteiger charge is -2.38. The van der Waals surface area contributed by atoms with Crippen LogP contribution in [0, 0.1) is 0 Å². The van der Waals surface area contributed by atoms with Gasteiger partial charge in [0.2, 0.25) is 0 Å². The predicted octanol–water partition coefficient (Wildman–Crippen LogP) is 1.08. The molecule has 2 rings (SSSR count). The highest BCUT2D eigenvalue weighted by atomic mass is 16.6. The molecule has 0 radical (unpaired) electrons. The Morgan fingerprint density at radius 2 is 2.29 bits per heavy atom. The third-order valence-corrected chi connectivity index (χ3v) is 4.09. The zero-order chi connectivity index (χ0) is 12.4. The van der Waals surface area contributed by atoms with Crippen LogP contribution in [0.1, 0.15) is 39.5 Å². The first-order valence-corrected chi connectivity index (χ1v) is 6.73. The summed E-state index contributed by atoms with van der Waals surface area (Å²) in [7, 11) is 0. The maximum atomic E-state index is 9.99. The predicted molar refractivity (Wildman–Crippen MR) is 66.1 cm³/mol. The molecule has 2 aliphatic heterocycles. The van der Waals surface area contributed by atoms with E-state index in [0.29, 0.717) is 12.6 Å². The summed E-state index contributed by atoms with van der Waals surface area (Å²) in [5.41, 5.74) is -0.647. The van der Waals surface area contributed by atoms with Crippen molar-refractivity contribution in [2.75, 3.05) is 26.4 Å². The molecule has 2 N–H and O–H groups in total. The topological polar surface area (TPSA) is 50.7 Å². The lowest BCUT2D eigenvalue weighted by molar-refractivity contribution is -0.0912. The Hall–Kier alpha value is -0.160. The first-order valence-electron chi connectivity index (χ1n) is 6.73. The molecule has 2 fully saturated rings. The fourth-order valence-corrected chi connectivity index (χ4v) is 2.55. The van der Waals surface area contributed by atoms with E-state index in [1.54, 1.807) is 0 Å². The van der Waals surface area contributed by atoms with E-state index < -0.39 is 5.60 Å². The smallest absolute Gasteiger partial charge is 0.0951 e. The maximum absolute atomic E-state index is 9.99. The first-order chi connectivity index (χ1) is 8.05. The van der Waals surface area contributed by atoms with E-state index in [1.807, 2.05) is 13.8 Å². The number of hydrogen-bond donors (Lipinski definition) is 2. The molecule has 2 saturated heterocycles.